The SMILES string of the molecule is Nc1nc(Cl)cc(N2CCCC(C(F)(F)F)C2)n1. The Morgan fingerprint density at radius 3 is 2.72 bits per heavy atom. The van der Waals surface area contributed by atoms with Crippen molar-refractivity contribution in [2.75, 3.05) is 23.7 Å². The van der Waals surface area contributed by atoms with Crippen LogP contribution in [0.2, 0.25) is 5.15 Å². The molecule has 1 aliphatic rings. The maximum atomic E-state index is 12.7. The van der Waals surface area contributed by atoms with E-state index in [0.29, 0.717) is 18.8 Å². The summed E-state index contributed by atoms with van der Waals surface area (Å²) in [5.41, 5.74) is 5.43. The molecule has 0 bridgehead atoms. The van der Waals surface area contributed by atoms with Crippen molar-refractivity contribution in [3.05, 3.63) is 11.2 Å². The maximum Gasteiger partial charge on any atom is 0.393 e. The minimum atomic E-state index is -4.18. The first-order chi connectivity index (χ1) is 8.36. The third-order valence-corrected chi connectivity index (χ3v) is 3.10. The van der Waals surface area contributed by atoms with Crippen LogP contribution in [0.4, 0.5) is 24.9 Å². The lowest BCUT2D eigenvalue weighted by Crippen LogP contribution is -2.42. The van der Waals surface area contributed by atoms with Gasteiger partial charge < -0.3 is 10.6 Å². The fraction of sp³-hybridized carbons (Fsp3) is 0.600. The fourth-order valence-corrected chi connectivity index (χ4v) is 2.22. The summed E-state index contributed by atoms with van der Waals surface area (Å²) in [5.74, 6) is -1.02. The van der Waals surface area contributed by atoms with E-state index in [9.17, 15) is 13.2 Å². The van der Waals surface area contributed by atoms with Gasteiger partial charge >= 0.3 is 6.18 Å². The number of piperidine rings is 1. The van der Waals surface area contributed by atoms with Gasteiger partial charge in [-0.25, -0.2) is 4.98 Å². The van der Waals surface area contributed by atoms with Crippen molar-refractivity contribution in [2.45, 2.75) is 19.0 Å². The van der Waals surface area contributed by atoms with E-state index >= 15 is 0 Å². The molecule has 1 aliphatic heterocycles. The summed E-state index contributed by atoms with van der Waals surface area (Å²) in [6, 6.07) is 1.43. The van der Waals surface area contributed by atoms with Crippen molar-refractivity contribution >= 4 is 23.4 Å². The molecule has 0 aliphatic carbocycles. The van der Waals surface area contributed by atoms with E-state index in [1.165, 1.54) is 6.07 Å². The molecule has 0 radical (unpaired) electrons. The van der Waals surface area contributed by atoms with Gasteiger partial charge in [-0.1, -0.05) is 11.6 Å². The predicted octanol–water partition coefficient (Wildman–Crippen LogP) is 2.49. The van der Waals surface area contributed by atoms with Gasteiger partial charge in [0.2, 0.25) is 5.95 Å². The quantitative estimate of drug-likeness (QED) is 0.803. The van der Waals surface area contributed by atoms with Gasteiger partial charge in [0, 0.05) is 19.2 Å². The van der Waals surface area contributed by atoms with Gasteiger partial charge in [0.15, 0.2) is 0 Å². The molecule has 0 spiro atoms. The molecule has 1 aromatic heterocycles. The number of anilines is 2. The van der Waals surface area contributed by atoms with Crippen LogP contribution >= 0.6 is 11.6 Å². The molecule has 0 amide bonds. The first-order valence-corrected chi connectivity index (χ1v) is 5.86. The zero-order valence-electron chi connectivity index (χ0n) is 9.41. The van der Waals surface area contributed by atoms with E-state index < -0.39 is 12.1 Å². The third kappa shape index (κ3) is 2.95. The van der Waals surface area contributed by atoms with Crippen molar-refractivity contribution < 1.29 is 13.2 Å². The van der Waals surface area contributed by atoms with Gasteiger partial charge in [-0.2, -0.15) is 18.2 Å². The van der Waals surface area contributed by atoms with E-state index in [4.69, 9.17) is 17.3 Å². The maximum absolute atomic E-state index is 12.7. The number of rotatable bonds is 1. The van der Waals surface area contributed by atoms with E-state index in [1.807, 2.05) is 0 Å². The second-order valence-corrected chi connectivity index (χ2v) is 4.62. The number of hydrogen-bond acceptors (Lipinski definition) is 4. The molecule has 0 saturated carbocycles. The summed E-state index contributed by atoms with van der Waals surface area (Å²) in [5, 5.41) is 0.131. The van der Waals surface area contributed by atoms with E-state index in [-0.39, 0.29) is 24.1 Å². The molecule has 4 nitrogen and oxygen atoms in total. The van der Waals surface area contributed by atoms with Crippen LogP contribution in [0, 0.1) is 5.92 Å². The number of halogens is 4. The monoisotopic (exact) mass is 280 g/mol. The van der Waals surface area contributed by atoms with Crippen molar-refractivity contribution in [2.24, 2.45) is 5.92 Å². The van der Waals surface area contributed by atoms with Gasteiger partial charge in [0.05, 0.1) is 5.92 Å². The number of hydrogen-bond donors (Lipinski definition) is 1. The lowest BCUT2D eigenvalue weighted by molar-refractivity contribution is -0.176. The van der Waals surface area contributed by atoms with Crippen LogP contribution < -0.4 is 10.6 Å². The average Bonchev–Trinajstić information content (AvgIpc) is 2.27. The number of alkyl halides is 3. The zero-order valence-corrected chi connectivity index (χ0v) is 10.2. The number of aromatic nitrogens is 2. The van der Waals surface area contributed by atoms with E-state index in [1.54, 1.807) is 4.90 Å². The minimum Gasteiger partial charge on any atom is -0.368 e. The second kappa shape index (κ2) is 4.79. The van der Waals surface area contributed by atoms with Gasteiger partial charge in [0.25, 0.3) is 0 Å². The Bertz CT molecular complexity index is 417. The van der Waals surface area contributed by atoms with Crippen LogP contribution in [-0.4, -0.2) is 29.2 Å². The molecule has 2 heterocycles. The standard InChI is InChI=1S/C10H12ClF3N4/c11-7-4-8(17-9(15)16-7)18-3-1-2-6(5-18)10(12,13)14/h4,6H,1-3,5H2,(H2,15,16,17). The summed E-state index contributed by atoms with van der Waals surface area (Å²) in [4.78, 5) is 9.14. The average molecular weight is 281 g/mol. The topological polar surface area (TPSA) is 55.0 Å². The summed E-state index contributed by atoms with van der Waals surface area (Å²) >= 11 is 5.72. The first kappa shape index (κ1) is 13.2. The highest BCUT2D eigenvalue weighted by molar-refractivity contribution is 6.29. The Kier molecular flexibility index (Phi) is 3.52. The first-order valence-electron chi connectivity index (χ1n) is 5.48. The van der Waals surface area contributed by atoms with Crippen LogP contribution in [-0.2, 0) is 0 Å². The highest BCUT2D eigenvalue weighted by atomic mass is 35.5. The molecule has 1 saturated heterocycles. The van der Waals surface area contributed by atoms with Crippen molar-refractivity contribution in [3.8, 4) is 0 Å². The number of nitrogens with two attached hydrogens (primary N) is 1. The van der Waals surface area contributed by atoms with Crippen LogP contribution in [0.3, 0.4) is 0 Å². The molecule has 1 aromatic rings. The van der Waals surface area contributed by atoms with Crippen LogP contribution in [0.25, 0.3) is 0 Å². The zero-order chi connectivity index (χ0) is 13.3. The Morgan fingerprint density at radius 1 is 1.39 bits per heavy atom. The van der Waals surface area contributed by atoms with Crippen LogP contribution in [0.1, 0.15) is 12.8 Å². The molecular formula is C10H12ClF3N4. The van der Waals surface area contributed by atoms with Gasteiger partial charge in [-0.3, -0.25) is 0 Å². The Labute approximate surface area is 107 Å². The summed E-state index contributed by atoms with van der Waals surface area (Å²) in [6.07, 6.45) is -3.57. The summed E-state index contributed by atoms with van der Waals surface area (Å²) < 4.78 is 38.0. The van der Waals surface area contributed by atoms with Gasteiger partial charge in [-0.15, -0.1) is 0 Å². The minimum absolute atomic E-state index is 0.0355. The molecule has 2 rings (SSSR count). The van der Waals surface area contributed by atoms with Crippen molar-refractivity contribution in [3.63, 3.8) is 0 Å². The molecule has 0 aromatic carbocycles. The van der Waals surface area contributed by atoms with E-state index in [0.717, 1.165) is 0 Å². The smallest absolute Gasteiger partial charge is 0.368 e. The normalized spacial score (nSPS) is 21.1. The molecule has 100 valence electrons. The van der Waals surface area contributed by atoms with E-state index in [2.05, 4.69) is 9.97 Å². The molecule has 18 heavy (non-hydrogen) atoms. The number of nitrogen functional groups attached to an aromatic ring is 1. The molecule has 1 atom stereocenters. The van der Waals surface area contributed by atoms with Gasteiger partial charge in [-0.05, 0) is 12.8 Å². The third-order valence-electron chi connectivity index (χ3n) is 2.91. The molecule has 1 unspecified atom stereocenters. The highest BCUT2D eigenvalue weighted by Crippen LogP contribution is 2.34. The molecular weight excluding hydrogens is 269 g/mol. The fourth-order valence-electron chi connectivity index (χ4n) is 2.04. The number of nitrogens with zero attached hydrogens (tertiary/aromatic N) is 3. The molecule has 1 fully saturated rings. The lowest BCUT2D eigenvalue weighted by Gasteiger charge is -2.34. The predicted molar refractivity (Wildman–Crippen MR) is 62.4 cm³/mol. The molecule has 8 heteroatoms. The van der Waals surface area contributed by atoms with Crippen molar-refractivity contribution in [1.29, 1.82) is 0 Å². The largest absolute Gasteiger partial charge is 0.393 e. The Balaban J connectivity index is 2.18. The Morgan fingerprint density at radius 2 is 2.11 bits per heavy atom. The summed E-state index contributed by atoms with van der Waals surface area (Å²) in [7, 11) is 0. The molecule has 2 N–H and O–H groups in total. The summed E-state index contributed by atoms with van der Waals surface area (Å²) in [6.45, 7) is 0.398. The van der Waals surface area contributed by atoms with Gasteiger partial charge in [0.1, 0.15) is 11.0 Å². The Hall–Kier alpha value is -1.24. The lowest BCUT2D eigenvalue weighted by atomic mass is 9.97. The van der Waals surface area contributed by atoms with Crippen LogP contribution in [0.15, 0.2) is 6.07 Å². The van der Waals surface area contributed by atoms with Crippen molar-refractivity contribution in [1.82, 2.24) is 9.97 Å². The second-order valence-electron chi connectivity index (χ2n) is 4.23. The van der Waals surface area contributed by atoms with Crippen LogP contribution in [0.5, 0.6) is 0 Å². The highest BCUT2D eigenvalue weighted by Gasteiger charge is 2.42.